The molecule has 0 aliphatic heterocycles. The molecule has 202 valence electrons. The van der Waals surface area contributed by atoms with Crippen molar-refractivity contribution >= 4 is 17.7 Å². The van der Waals surface area contributed by atoms with Gasteiger partial charge in [-0.3, -0.25) is 9.59 Å². The molecule has 0 radical (unpaired) electrons. The molecule has 2 saturated carbocycles. The molecule has 0 amide bonds. The van der Waals surface area contributed by atoms with Crippen molar-refractivity contribution in [3.63, 3.8) is 0 Å². The van der Waals surface area contributed by atoms with Gasteiger partial charge in [0.15, 0.2) is 11.4 Å². The molecule has 4 aliphatic rings. The lowest BCUT2D eigenvalue weighted by atomic mass is 9.60. The van der Waals surface area contributed by atoms with E-state index in [1.165, 1.54) is 13.0 Å². The van der Waals surface area contributed by atoms with E-state index in [1.54, 1.807) is 19.1 Å². The van der Waals surface area contributed by atoms with E-state index >= 15 is 0 Å². The zero-order valence-electron chi connectivity index (χ0n) is 22.7. The fourth-order valence-corrected chi connectivity index (χ4v) is 7.64. The van der Waals surface area contributed by atoms with E-state index in [0.717, 1.165) is 12.8 Å². The van der Waals surface area contributed by atoms with Crippen molar-refractivity contribution in [2.45, 2.75) is 78.1 Å². The Kier molecular flexibility index (Phi) is 7.19. The first-order valence-electron chi connectivity index (χ1n) is 13.4. The van der Waals surface area contributed by atoms with Gasteiger partial charge in [0, 0.05) is 48.0 Å². The quantitative estimate of drug-likeness (QED) is 0.231. The summed E-state index contributed by atoms with van der Waals surface area (Å²) < 4.78 is 12.1. The third-order valence-corrected chi connectivity index (χ3v) is 9.38. The van der Waals surface area contributed by atoms with E-state index in [1.807, 2.05) is 39.0 Å². The number of carbonyl (C=O) groups excluding carboxylic acids is 3. The first-order chi connectivity index (χ1) is 17.4. The minimum Gasteiger partial charge on any atom is -0.455 e. The van der Waals surface area contributed by atoms with Gasteiger partial charge in [-0.15, -0.1) is 0 Å². The molecule has 2 fully saturated rings. The van der Waals surface area contributed by atoms with Crippen LogP contribution in [0.15, 0.2) is 47.6 Å². The van der Waals surface area contributed by atoms with Crippen LogP contribution in [0.1, 0.15) is 60.8 Å². The standard InChI is InChI=1S/C30H40O7/c1-7-8-9-10-11-12-24(33)36-27-18(3)29(35)22-13-17(2)25(34)21(22)14-20(16-31)15-23(29)26-28(5,6)30(26,27)37-19(4)32/h9-13,15,18,21-23,26-27,31,35H,7-8,14,16H2,1-6H3/b10-9+,12-11+/t18-,21-,22-,23+,26-,27-,29+,30-/m1/s1. The molecule has 0 aromatic rings. The van der Waals surface area contributed by atoms with E-state index in [4.69, 9.17) is 9.47 Å². The number of Topliss-reactive ketones (excluding diaryl/α,β-unsaturated/α-hetero) is 1. The Morgan fingerprint density at radius 2 is 1.89 bits per heavy atom. The van der Waals surface area contributed by atoms with Crippen molar-refractivity contribution < 1.29 is 34.1 Å². The lowest BCUT2D eigenvalue weighted by Gasteiger charge is -2.52. The van der Waals surface area contributed by atoms with Crippen molar-refractivity contribution in [1.29, 1.82) is 0 Å². The maximum Gasteiger partial charge on any atom is 0.331 e. The van der Waals surface area contributed by atoms with Crippen LogP contribution >= 0.6 is 0 Å². The second-order valence-electron chi connectivity index (χ2n) is 11.8. The molecular weight excluding hydrogens is 472 g/mol. The lowest BCUT2D eigenvalue weighted by Crippen LogP contribution is -2.63. The highest BCUT2D eigenvalue weighted by atomic mass is 16.6. The van der Waals surface area contributed by atoms with E-state index in [9.17, 15) is 24.6 Å². The van der Waals surface area contributed by atoms with Gasteiger partial charge in [0.25, 0.3) is 0 Å². The maximum absolute atomic E-state index is 13.1. The molecule has 0 unspecified atom stereocenters. The van der Waals surface area contributed by atoms with Crippen LogP contribution in [-0.4, -0.2) is 51.8 Å². The first kappa shape index (κ1) is 27.5. The molecule has 0 aromatic carbocycles. The third kappa shape index (κ3) is 4.06. The van der Waals surface area contributed by atoms with E-state index in [-0.39, 0.29) is 18.3 Å². The number of aliphatic hydroxyl groups excluding tert-OH is 1. The van der Waals surface area contributed by atoms with Crippen LogP contribution in [0.4, 0.5) is 0 Å². The van der Waals surface area contributed by atoms with Crippen molar-refractivity contribution in [2.24, 2.45) is 35.0 Å². The summed E-state index contributed by atoms with van der Waals surface area (Å²) in [7, 11) is 0. The minimum atomic E-state index is -1.45. The molecule has 0 bridgehead atoms. The van der Waals surface area contributed by atoms with Crippen LogP contribution in [0.3, 0.4) is 0 Å². The molecule has 37 heavy (non-hydrogen) atoms. The smallest absolute Gasteiger partial charge is 0.331 e. The molecule has 2 N–H and O–H groups in total. The lowest BCUT2D eigenvalue weighted by molar-refractivity contribution is -0.217. The maximum atomic E-state index is 13.1. The van der Waals surface area contributed by atoms with Crippen LogP contribution < -0.4 is 0 Å². The minimum absolute atomic E-state index is 0.0344. The molecule has 0 saturated heterocycles. The summed E-state index contributed by atoms with van der Waals surface area (Å²) in [5, 5.41) is 22.7. The molecule has 0 spiro atoms. The predicted octanol–water partition coefficient (Wildman–Crippen LogP) is 3.85. The van der Waals surface area contributed by atoms with E-state index < -0.39 is 58.3 Å². The number of ether oxygens (including phenoxy) is 2. The number of hydrogen-bond acceptors (Lipinski definition) is 7. The summed E-state index contributed by atoms with van der Waals surface area (Å²) in [4.78, 5) is 38.5. The van der Waals surface area contributed by atoms with Crippen LogP contribution in [0, 0.1) is 35.0 Å². The third-order valence-electron chi connectivity index (χ3n) is 9.38. The Morgan fingerprint density at radius 3 is 2.51 bits per heavy atom. The highest BCUT2D eigenvalue weighted by Crippen LogP contribution is 2.76. The zero-order chi connectivity index (χ0) is 27.3. The SMILES string of the molecule is CCC/C=C/C=C/C(=O)O[C@@H]1[C@@H](C)[C@]2(O)[C@@H]3C=C(C)C(=O)[C@@H]3CC(CO)=C[C@H]2[C@@H]2C(C)(C)[C@]12OC(C)=O. The van der Waals surface area contributed by atoms with Gasteiger partial charge in [0.1, 0.15) is 6.10 Å². The number of hydrogen-bond donors (Lipinski definition) is 2. The van der Waals surface area contributed by atoms with Crippen LogP contribution in [0.25, 0.3) is 0 Å². The second kappa shape index (κ2) is 9.66. The average molecular weight is 513 g/mol. The number of ketones is 1. The van der Waals surface area contributed by atoms with Gasteiger partial charge in [0.2, 0.25) is 0 Å². The Hall–Kier alpha value is -2.51. The normalized spacial score (nSPS) is 39.8. The van der Waals surface area contributed by atoms with Crippen LogP contribution in [0.5, 0.6) is 0 Å². The summed E-state index contributed by atoms with van der Waals surface area (Å²) in [6.45, 7) is 10.7. The molecular formula is C30H40O7. The second-order valence-corrected chi connectivity index (χ2v) is 11.8. The number of aliphatic hydroxyl groups is 2. The van der Waals surface area contributed by atoms with Crippen molar-refractivity contribution in [3.05, 3.63) is 47.6 Å². The fraction of sp³-hybridized carbons (Fsp3) is 0.633. The Morgan fingerprint density at radius 1 is 1.19 bits per heavy atom. The summed E-state index contributed by atoms with van der Waals surface area (Å²) in [5.41, 5.74) is -1.94. The predicted molar refractivity (Wildman–Crippen MR) is 138 cm³/mol. The topological polar surface area (TPSA) is 110 Å². The largest absolute Gasteiger partial charge is 0.455 e. The fourth-order valence-electron chi connectivity index (χ4n) is 7.64. The Bertz CT molecular complexity index is 1100. The molecule has 0 heterocycles. The van der Waals surface area contributed by atoms with Gasteiger partial charge in [-0.05, 0) is 30.9 Å². The molecule has 4 aliphatic carbocycles. The van der Waals surface area contributed by atoms with Gasteiger partial charge in [0.05, 0.1) is 12.2 Å². The number of carbonyl (C=O) groups is 3. The van der Waals surface area contributed by atoms with Crippen molar-refractivity contribution in [3.8, 4) is 0 Å². The number of fused-ring (bicyclic) bond motifs is 5. The van der Waals surface area contributed by atoms with Gasteiger partial charge >= 0.3 is 11.9 Å². The average Bonchev–Trinajstić information content (AvgIpc) is 3.22. The first-order valence-corrected chi connectivity index (χ1v) is 13.4. The summed E-state index contributed by atoms with van der Waals surface area (Å²) in [6.07, 6.45) is 11.8. The highest BCUT2D eigenvalue weighted by molar-refractivity contribution is 6.00. The molecule has 8 atom stereocenters. The van der Waals surface area contributed by atoms with Gasteiger partial charge < -0.3 is 19.7 Å². The van der Waals surface area contributed by atoms with Crippen molar-refractivity contribution in [1.82, 2.24) is 0 Å². The van der Waals surface area contributed by atoms with Gasteiger partial charge in [-0.2, -0.15) is 0 Å². The number of rotatable bonds is 7. The number of unbranched alkanes of at least 4 members (excludes halogenated alkanes) is 1. The summed E-state index contributed by atoms with van der Waals surface area (Å²) >= 11 is 0. The molecule has 7 heteroatoms. The highest BCUT2D eigenvalue weighted by Gasteiger charge is 2.87. The molecule has 4 rings (SSSR count). The Balaban J connectivity index is 1.81. The summed E-state index contributed by atoms with van der Waals surface area (Å²) in [6, 6.07) is 0. The van der Waals surface area contributed by atoms with Crippen molar-refractivity contribution in [2.75, 3.05) is 6.61 Å². The van der Waals surface area contributed by atoms with Crippen LogP contribution in [0.2, 0.25) is 0 Å². The van der Waals surface area contributed by atoms with Crippen LogP contribution in [-0.2, 0) is 23.9 Å². The van der Waals surface area contributed by atoms with E-state index in [0.29, 0.717) is 17.6 Å². The monoisotopic (exact) mass is 512 g/mol. The molecule has 7 nitrogen and oxygen atoms in total. The van der Waals surface area contributed by atoms with Gasteiger partial charge in [-0.25, -0.2) is 4.79 Å². The molecule has 0 aromatic heterocycles. The number of esters is 2. The zero-order valence-corrected chi connectivity index (χ0v) is 22.7. The van der Waals surface area contributed by atoms with E-state index in [2.05, 4.69) is 6.92 Å². The number of allylic oxidation sites excluding steroid dienone is 4. The van der Waals surface area contributed by atoms with Gasteiger partial charge in [-0.1, -0.05) is 64.5 Å². The summed E-state index contributed by atoms with van der Waals surface area (Å²) in [5.74, 6) is -3.67. The Labute approximate surface area is 219 Å².